The van der Waals surface area contributed by atoms with Crippen molar-refractivity contribution in [1.82, 2.24) is 5.32 Å². The lowest BCUT2D eigenvalue weighted by molar-refractivity contribution is -0.127. The average molecular weight is 171 g/mol. The molecule has 1 fully saturated rings. The molecule has 0 aromatic rings. The molecule has 2 N–H and O–H groups in total. The van der Waals surface area contributed by atoms with E-state index in [0.717, 1.165) is 12.8 Å². The van der Waals surface area contributed by atoms with Gasteiger partial charge >= 0.3 is 0 Å². The molecule has 1 amide bonds. The first kappa shape index (κ1) is 9.52. The predicted molar refractivity (Wildman–Crippen MR) is 46.6 cm³/mol. The van der Waals surface area contributed by atoms with Gasteiger partial charge in [-0.3, -0.25) is 4.79 Å². The lowest BCUT2D eigenvalue weighted by Crippen LogP contribution is -2.37. The average Bonchev–Trinajstić information content (AvgIpc) is 1.97. The Bertz CT molecular complexity index is 155. The maximum absolute atomic E-state index is 11.3. The Morgan fingerprint density at radius 2 is 2.33 bits per heavy atom. The van der Waals surface area contributed by atoms with Gasteiger partial charge in [-0.2, -0.15) is 0 Å². The van der Waals surface area contributed by atoms with E-state index in [0.29, 0.717) is 6.54 Å². The van der Waals surface area contributed by atoms with E-state index in [1.807, 2.05) is 6.92 Å². The maximum atomic E-state index is 11.3. The minimum Gasteiger partial charge on any atom is -0.396 e. The maximum Gasteiger partial charge on any atom is 0.223 e. The summed E-state index contributed by atoms with van der Waals surface area (Å²) in [6.45, 7) is 2.66. The van der Waals surface area contributed by atoms with Gasteiger partial charge in [-0.05, 0) is 18.8 Å². The molecule has 1 aliphatic carbocycles. The van der Waals surface area contributed by atoms with E-state index in [2.05, 4.69) is 5.32 Å². The normalized spacial score (nSPS) is 19.8. The monoisotopic (exact) mass is 171 g/mol. The zero-order valence-corrected chi connectivity index (χ0v) is 7.55. The van der Waals surface area contributed by atoms with Gasteiger partial charge in [0.2, 0.25) is 5.91 Å². The minimum atomic E-state index is 0.144. The molecule has 0 spiro atoms. The van der Waals surface area contributed by atoms with Crippen molar-refractivity contribution in [2.45, 2.75) is 26.2 Å². The summed E-state index contributed by atoms with van der Waals surface area (Å²) < 4.78 is 0. The molecule has 0 saturated heterocycles. The van der Waals surface area contributed by atoms with E-state index in [9.17, 15) is 4.79 Å². The van der Waals surface area contributed by atoms with E-state index in [1.54, 1.807) is 0 Å². The van der Waals surface area contributed by atoms with Crippen molar-refractivity contribution in [3.05, 3.63) is 0 Å². The molecule has 0 aliphatic heterocycles. The van der Waals surface area contributed by atoms with E-state index < -0.39 is 0 Å². The van der Waals surface area contributed by atoms with Gasteiger partial charge in [0.05, 0.1) is 0 Å². The summed E-state index contributed by atoms with van der Waals surface area (Å²) in [5, 5.41) is 11.5. The first-order valence-electron chi connectivity index (χ1n) is 4.62. The standard InChI is InChI=1S/C9H17NO2/c1-7(6-11)5-10-9(12)8-3-2-4-8/h7-8,11H,2-6H2,1H3,(H,10,12). The molecule has 0 heterocycles. The third kappa shape index (κ3) is 2.48. The van der Waals surface area contributed by atoms with E-state index in [1.165, 1.54) is 6.42 Å². The van der Waals surface area contributed by atoms with Crippen LogP contribution in [0.2, 0.25) is 0 Å². The fourth-order valence-electron chi connectivity index (χ4n) is 1.15. The largest absolute Gasteiger partial charge is 0.396 e. The van der Waals surface area contributed by atoms with Crippen molar-refractivity contribution >= 4 is 5.91 Å². The van der Waals surface area contributed by atoms with Crippen molar-refractivity contribution in [1.29, 1.82) is 0 Å². The van der Waals surface area contributed by atoms with Crippen LogP contribution in [0.15, 0.2) is 0 Å². The van der Waals surface area contributed by atoms with Crippen molar-refractivity contribution in [3.8, 4) is 0 Å². The van der Waals surface area contributed by atoms with Crippen LogP contribution in [0.5, 0.6) is 0 Å². The summed E-state index contributed by atoms with van der Waals surface area (Å²) in [6, 6.07) is 0. The van der Waals surface area contributed by atoms with Crippen molar-refractivity contribution < 1.29 is 9.90 Å². The van der Waals surface area contributed by atoms with E-state index in [4.69, 9.17) is 5.11 Å². The lowest BCUT2D eigenvalue weighted by atomic mass is 9.85. The topological polar surface area (TPSA) is 49.3 Å². The van der Waals surface area contributed by atoms with Crippen LogP contribution in [0, 0.1) is 11.8 Å². The third-order valence-corrected chi connectivity index (χ3v) is 2.41. The number of rotatable bonds is 4. The molecule has 12 heavy (non-hydrogen) atoms. The summed E-state index contributed by atoms with van der Waals surface area (Å²) in [6.07, 6.45) is 3.27. The van der Waals surface area contributed by atoms with Crippen LogP contribution in [0.4, 0.5) is 0 Å². The smallest absolute Gasteiger partial charge is 0.223 e. The molecule has 0 aromatic carbocycles. The van der Waals surface area contributed by atoms with Crippen LogP contribution in [0.3, 0.4) is 0 Å². The van der Waals surface area contributed by atoms with Crippen LogP contribution in [-0.2, 0) is 4.79 Å². The molecule has 3 heteroatoms. The second kappa shape index (κ2) is 4.45. The van der Waals surface area contributed by atoms with Crippen molar-refractivity contribution in [2.24, 2.45) is 11.8 Å². The number of carbonyl (C=O) groups is 1. The van der Waals surface area contributed by atoms with Crippen LogP contribution < -0.4 is 5.32 Å². The molecule has 0 radical (unpaired) electrons. The summed E-state index contributed by atoms with van der Waals surface area (Å²) in [7, 11) is 0. The number of aliphatic hydroxyl groups is 1. The molecule has 1 rings (SSSR count). The molecule has 1 aliphatic rings. The molecular weight excluding hydrogens is 154 g/mol. The van der Waals surface area contributed by atoms with Gasteiger partial charge in [0.1, 0.15) is 0 Å². The summed E-state index contributed by atoms with van der Waals surface area (Å²) in [5.41, 5.74) is 0. The number of hydrogen-bond donors (Lipinski definition) is 2. The van der Waals surface area contributed by atoms with Crippen molar-refractivity contribution in [3.63, 3.8) is 0 Å². The zero-order valence-electron chi connectivity index (χ0n) is 7.55. The highest BCUT2D eigenvalue weighted by atomic mass is 16.3. The number of hydrogen-bond acceptors (Lipinski definition) is 2. The minimum absolute atomic E-state index is 0.144. The van der Waals surface area contributed by atoms with Gasteiger partial charge in [0.25, 0.3) is 0 Å². The molecule has 1 unspecified atom stereocenters. The summed E-state index contributed by atoms with van der Waals surface area (Å²) in [4.78, 5) is 11.3. The van der Waals surface area contributed by atoms with Gasteiger partial charge in [-0.15, -0.1) is 0 Å². The summed E-state index contributed by atoms with van der Waals surface area (Å²) in [5.74, 6) is 0.603. The number of carbonyl (C=O) groups excluding carboxylic acids is 1. The molecule has 0 bridgehead atoms. The Morgan fingerprint density at radius 3 is 2.75 bits per heavy atom. The van der Waals surface area contributed by atoms with Crippen LogP contribution in [0.1, 0.15) is 26.2 Å². The summed E-state index contributed by atoms with van der Waals surface area (Å²) >= 11 is 0. The molecule has 0 aromatic heterocycles. The second-order valence-corrected chi connectivity index (χ2v) is 3.66. The first-order valence-corrected chi connectivity index (χ1v) is 4.62. The molecule has 70 valence electrons. The van der Waals surface area contributed by atoms with Crippen LogP contribution in [0.25, 0.3) is 0 Å². The highest BCUT2D eigenvalue weighted by Crippen LogP contribution is 2.26. The fraction of sp³-hybridized carbons (Fsp3) is 0.889. The van der Waals surface area contributed by atoms with Crippen molar-refractivity contribution in [2.75, 3.05) is 13.2 Å². The zero-order chi connectivity index (χ0) is 8.97. The molecule has 1 saturated carbocycles. The SMILES string of the molecule is CC(CO)CNC(=O)C1CCC1. The predicted octanol–water partition coefficient (Wildman–Crippen LogP) is 0.531. The highest BCUT2D eigenvalue weighted by Gasteiger charge is 2.24. The third-order valence-electron chi connectivity index (χ3n) is 2.41. The quantitative estimate of drug-likeness (QED) is 0.648. The van der Waals surface area contributed by atoms with Gasteiger partial charge in [0, 0.05) is 19.1 Å². The van der Waals surface area contributed by atoms with E-state index in [-0.39, 0.29) is 24.3 Å². The Hall–Kier alpha value is -0.570. The number of amides is 1. The Kier molecular flexibility index (Phi) is 3.53. The van der Waals surface area contributed by atoms with Gasteiger partial charge in [-0.25, -0.2) is 0 Å². The molecule has 1 atom stereocenters. The fourth-order valence-corrected chi connectivity index (χ4v) is 1.15. The van der Waals surface area contributed by atoms with Gasteiger partial charge in [-0.1, -0.05) is 13.3 Å². The Balaban J connectivity index is 2.09. The Labute approximate surface area is 73.2 Å². The highest BCUT2D eigenvalue weighted by molar-refractivity contribution is 5.79. The molecule has 3 nitrogen and oxygen atoms in total. The van der Waals surface area contributed by atoms with E-state index >= 15 is 0 Å². The first-order chi connectivity index (χ1) is 5.74. The number of nitrogens with one attached hydrogen (secondary N) is 1. The van der Waals surface area contributed by atoms with Gasteiger partial charge < -0.3 is 10.4 Å². The van der Waals surface area contributed by atoms with Gasteiger partial charge in [0.15, 0.2) is 0 Å². The second-order valence-electron chi connectivity index (χ2n) is 3.66. The lowest BCUT2D eigenvalue weighted by Gasteiger charge is -2.24. The van der Waals surface area contributed by atoms with Crippen LogP contribution >= 0.6 is 0 Å². The molecular formula is C9H17NO2. The Morgan fingerprint density at radius 1 is 1.67 bits per heavy atom. The number of aliphatic hydroxyl groups excluding tert-OH is 1. The van der Waals surface area contributed by atoms with Crippen LogP contribution in [-0.4, -0.2) is 24.2 Å².